The molecule has 0 unspecified atom stereocenters. The molecule has 0 aliphatic heterocycles. The van der Waals surface area contributed by atoms with E-state index in [1.807, 2.05) is 0 Å². The monoisotopic (exact) mass is 371 g/mol. The van der Waals surface area contributed by atoms with E-state index in [9.17, 15) is 8.78 Å². The van der Waals surface area contributed by atoms with Crippen molar-refractivity contribution in [1.29, 1.82) is 0 Å². The minimum atomic E-state index is -2.83. The van der Waals surface area contributed by atoms with Crippen LogP contribution < -0.4 is 10.2 Å². The Bertz CT molecular complexity index is 563. The lowest BCUT2D eigenvalue weighted by Gasteiger charge is -2.14. The summed E-state index contributed by atoms with van der Waals surface area (Å²) < 4.78 is 32.0. The van der Waals surface area contributed by atoms with E-state index >= 15 is 0 Å². The second kappa shape index (κ2) is 5.86. The second-order valence-electron chi connectivity index (χ2n) is 3.86. The number of alkyl halides is 3. The van der Waals surface area contributed by atoms with Gasteiger partial charge in [-0.1, -0.05) is 28.7 Å². The van der Waals surface area contributed by atoms with Crippen LogP contribution in [0.3, 0.4) is 0 Å². The van der Waals surface area contributed by atoms with E-state index < -0.39 is 5.92 Å². The standard InChI is InChI=1S/C13H9BF2INO/c14-11-2-1-7-18-12(11)19-10-5-3-9(4-6-10)13(15,16)8-17/h1-7H,8H2. The molecule has 2 nitrogen and oxygen atoms in total. The molecule has 19 heavy (non-hydrogen) atoms. The minimum Gasteiger partial charge on any atom is -0.440 e. The van der Waals surface area contributed by atoms with Crippen LogP contribution >= 0.6 is 22.6 Å². The Morgan fingerprint density at radius 2 is 1.89 bits per heavy atom. The number of hydrogen-bond acceptors (Lipinski definition) is 2. The van der Waals surface area contributed by atoms with Crippen LogP contribution in [0.4, 0.5) is 8.78 Å². The Morgan fingerprint density at radius 1 is 1.21 bits per heavy atom. The van der Waals surface area contributed by atoms with Gasteiger partial charge in [0.25, 0.3) is 5.92 Å². The molecule has 96 valence electrons. The Labute approximate surface area is 124 Å². The molecule has 1 heterocycles. The summed E-state index contributed by atoms with van der Waals surface area (Å²) in [6, 6.07) is 8.97. The molecule has 0 atom stereocenters. The third-order valence-corrected chi connectivity index (χ3v) is 3.42. The summed E-state index contributed by atoms with van der Waals surface area (Å²) in [5.41, 5.74) is 0.354. The van der Waals surface area contributed by atoms with Crippen molar-refractivity contribution >= 4 is 35.9 Å². The molecule has 0 saturated heterocycles. The molecule has 1 aromatic heterocycles. The van der Waals surface area contributed by atoms with Gasteiger partial charge in [-0.25, -0.2) is 13.8 Å². The Morgan fingerprint density at radius 3 is 2.47 bits per heavy atom. The van der Waals surface area contributed by atoms with Crippen molar-refractivity contribution in [3.05, 3.63) is 48.2 Å². The first-order chi connectivity index (χ1) is 9.03. The van der Waals surface area contributed by atoms with E-state index in [0.29, 0.717) is 11.2 Å². The zero-order chi connectivity index (χ0) is 13.9. The molecule has 0 spiro atoms. The van der Waals surface area contributed by atoms with Crippen LogP contribution in [-0.2, 0) is 5.92 Å². The average molecular weight is 371 g/mol. The summed E-state index contributed by atoms with van der Waals surface area (Å²) in [6.07, 6.45) is 1.55. The van der Waals surface area contributed by atoms with Crippen LogP contribution in [0.15, 0.2) is 42.6 Å². The highest BCUT2D eigenvalue weighted by molar-refractivity contribution is 14.1. The number of ether oxygens (including phenoxy) is 1. The maximum Gasteiger partial charge on any atom is 0.282 e. The molecule has 2 radical (unpaired) electrons. The number of benzene rings is 1. The molecule has 2 rings (SSSR count). The molecule has 1 aromatic carbocycles. The molecular formula is C13H9BF2INO. The van der Waals surface area contributed by atoms with Gasteiger partial charge < -0.3 is 4.74 Å². The van der Waals surface area contributed by atoms with Gasteiger partial charge in [-0.15, -0.1) is 0 Å². The second-order valence-corrected chi connectivity index (χ2v) is 4.63. The largest absolute Gasteiger partial charge is 0.440 e. The number of hydrogen-bond donors (Lipinski definition) is 0. The van der Waals surface area contributed by atoms with Gasteiger partial charge in [0, 0.05) is 11.8 Å². The summed E-state index contributed by atoms with van der Waals surface area (Å²) in [6.45, 7) is 0. The lowest BCUT2D eigenvalue weighted by Crippen LogP contribution is -2.14. The SMILES string of the molecule is [B]c1cccnc1Oc1ccc(C(F)(F)CI)cc1. The van der Waals surface area contributed by atoms with Crippen LogP contribution in [0.1, 0.15) is 5.56 Å². The lowest BCUT2D eigenvalue weighted by molar-refractivity contribution is 0.0265. The lowest BCUT2D eigenvalue weighted by atomic mass is 9.98. The zero-order valence-corrected chi connectivity index (χ0v) is 12.0. The van der Waals surface area contributed by atoms with E-state index in [1.165, 1.54) is 24.3 Å². The third kappa shape index (κ3) is 3.43. The smallest absolute Gasteiger partial charge is 0.282 e. The van der Waals surface area contributed by atoms with Crippen molar-refractivity contribution in [2.75, 3.05) is 4.43 Å². The Balaban J connectivity index is 2.18. The van der Waals surface area contributed by atoms with Crippen LogP contribution in [-0.4, -0.2) is 17.3 Å². The van der Waals surface area contributed by atoms with E-state index in [4.69, 9.17) is 12.6 Å². The first-order valence-corrected chi connectivity index (χ1v) is 6.98. The van der Waals surface area contributed by atoms with Crippen molar-refractivity contribution < 1.29 is 13.5 Å². The van der Waals surface area contributed by atoms with Crippen LogP contribution in [0.5, 0.6) is 11.6 Å². The molecule has 0 aliphatic carbocycles. The normalized spacial score (nSPS) is 11.3. The molecule has 0 aliphatic rings. The van der Waals surface area contributed by atoms with Gasteiger partial charge in [0.1, 0.15) is 13.6 Å². The van der Waals surface area contributed by atoms with Gasteiger partial charge in [0.15, 0.2) is 0 Å². The van der Waals surface area contributed by atoms with Gasteiger partial charge >= 0.3 is 0 Å². The quantitative estimate of drug-likeness (QED) is 0.468. The summed E-state index contributed by atoms with van der Waals surface area (Å²) >= 11 is 1.66. The van der Waals surface area contributed by atoms with Crippen molar-refractivity contribution in [3.8, 4) is 11.6 Å². The van der Waals surface area contributed by atoms with Crippen molar-refractivity contribution in [2.24, 2.45) is 0 Å². The first kappa shape index (κ1) is 14.2. The number of aromatic nitrogens is 1. The summed E-state index contributed by atoms with van der Waals surface area (Å²) in [5, 5.41) is 0. The molecule has 6 heteroatoms. The van der Waals surface area contributed by atoms with Crippen LogP contribution in [0.25, 0.3) is 0 Å². The maximum atomic E-state index is 13.4. The number of halogens is 3. The molecule has 0 fully saturated rings. The summed E-state index contributed by atoms with van der Waals surface area (Å²) in [7, 11) is 5.68. The van der Waals surface area contributed by atoms with E-state index in [-0.39, 0.29) is 15.9 Å². The predicted molar refractivity (Wildman–Crippen MR) is 78.9 cm³/mol. The summed E-state index contributed by atoms with van der Waals surface area (Å²) in [5.74, 6) is -2.15. The predicted octanol–water partition coefficient (Wildman–Crippen LogP) is 3.19. The Hall–Kier alpha value is -1.18. The molecule has 0 bridgehead atoms. The van der Waals surface area contributed by atoms with Gasteiger partial charge in [0.05, 0.1) is 4.43 Å². The average Bonchev–Trinajstić information content (AvgIpc) is 2.42. The fraction of sp³-hybridized carbons (Fsp3) is 0.154. The van der Waals surface area contributed by atoms with Crippen molar-refractivity contribution in [3.63, 3.8) is 0 Å². The number of pyridine rings is 1. The number of rotatable bonds is 4. The van der Waals surface area contributed by atoms with Crippen molar-refractivity contribution in [2.45, 2.75) is 5.92 Å². The topological polar surface area (TPSA) is 22.1 Å². The molecule has 2 aromatic rings. The van der Waals surface area contributed by atoms with Gasteiger partial charge in [-0.05, 0) is 35.8 Å². The Kier molecular flexibility index (Phi) is 4.39. The van der Waals surface area contributed by atoms with Crippen LogP contribution in [0, 0.1) is 0 Å². The van der Waals surface area contributed by atoms with E-state index in [0.717, 1.165) is 0 Å². The molecule has 0 N–H and O–H groups in total. The first-order valence-electron chi connectivity index (χ1n) is 5.45. The highest BCUT2D eigenvalue weighted by atomic mass is 127. The van der Waals surface area contributed by atoms with Crippen LogP contribution in [0.2, 0.25) is 0 Å². The van der Waals surface area contributed by atoms with Gasteiger partial charge in [-0.3, -0.25) is 0 Å². The fourth-order valence-electron chi connectivity index (χ4n) is 1.44. The highest BCUT2D eigenvalue weighted by Crippen LogP contribution is 2.31. The zero-order valence-electron chi connectivity index (χ0n) is 9.82. The van der Waals surface area contributed by atoms with Gasteiger partial charge in [-0.2, -0.15) is 0 Å². The third-order valence-electron chi connectivity index (χ3n) is 2.46. The highest BCUT2D eigenvalue weighted by Gasteiger charge is 2.29. The molecule has 0 amide bonds. The molecular weight excluding hydrogens is 362 g/mol. The molecule has 0 saturated carbocycles. The van der Waals surface area contributed by atoms with E-state index in [2.05, 4.69) is 4.98 Å². The minimum absolute atomic E-state index is 0.0387. The van der Waals surface area contributed by atoms with E-state index in [1.54, 1.807) is 40.9 Å². The maximum absolute atomic E-state index is 13.4. The fourth-order valence-corrected chi connectivity index (χ4v) is 1.88. The summed E-state index contributed by atoms with van der Waals surface area (Å²) in [4.78, 5) is 3.96. The van der Waals surface area contributed by atoms with Gasteiger partial charge in [0.2, 0.25) is 5.88 Å². The van der Waals surface area contributed by atoms with Crippen molar-refractivity contribution in [1.82, 2.24) is 4.98 Å². The number of nitrogens with zero attached hydrogens (tertiary/aromatic N) is 1.